The Labute approximate surface area is 154 Å². The molecule has 1 unspecified atom stereocenters. The quantitative estimate of drug-likeness (QED) is 0.674. The predicted molar refractivity (Wildman–Crippen MR) is 100 cm³/mol. The first-order valence-corrected chi connectivity index (χ1v) is 8.81. The predicted octanol–water partition coefficient (Wildman–Crippen LogP) is 2.37. The molecule has 7 nitrogen and oxygen atoms in total. The zero-order valence-electron chi connectivity index (χ0n) is 15.8. The van der Waals surface area contributed by atoms with Gasteiger partial charge in [0.25, 0.3) is 0 Å². The molecule has 0 bridgehead atoms. The summed E-state index contributed by atoms with van der Waals surface area (Å²) in [7, 11) is 3.47. The fourth-order valence-corrected chi connectivity index (χ4v) is 2.77. The van der Waals surface area contributed by atoms with Crippen LogP contribution in [0.3, 0.4) is 0 Å². The Morgan fingerprint density at radius 1 is 1.35 bits per heavy atom. The van der Waals surface area contributed by atoms with E-state index in [2.05, 4.69) is 15.6 Å². The van der Waals surface area contributed by atoms with Crippen LogP contribution in [0.25, 0.3) is 0 Å². The average Bonchev–Trinajstić information content (AvgIpc) is 3.09. The number of imidazole rings is 1. The zero-order chi connectivity index (χ0) is 19.2. The number of rotatable bonds is 8. The first-order chi connectivity index (χ1) is 12.4. The van der Waals surface area contributed by atoms with E-state index in [1.54, 1.807) is 13.3 Å². The Balaban J connectivity index is 2.23. The van der Waals surface area contributed by atoms with E-state index in [4.69, 9.17) is 4.74 Å². The fourth-order valence-electron chi connectivity index (χ4n) is 2.77. The highest BCUT2D eigenvalue weighted by Crippen LogP contribution is 2.28. The van der Waals surface area contributed by atoms with Gasteiger partial charge in [0, 0.05) is 31.5 Å². The molecule has 2 aromatic rings. The molecule has 0 fully saturated rings. The second kappa shape index (κ2) is 8.71. The van der Waals surface area contributed by atoms with Crippen molar-refractivity contribution in [3.8, 4) is 5.75 Å². The van der Waals surface area contributed by atoms with Crippen molar-refractivity contribution in [1.29, 1.82) is 0 Å². The number of amides is 2. The molecule has 0 radical (unpaired) electrons. The Bertz CT molecular complexity index is 725. The van der Waals surface area contributed by atoms with E-state index in [1.165, 1.54) is 0 Å². The molecule has 2 amide bonds. The zero-order valence-corrected chi connectivity index (χ0v) is 15.8. The molecule has 0 saturated heterocycles. The Hall–Kier alpha value is -2.54. The number of aryl methyl sites for hydroxylation is 1. The monoisotopic (exact) mass is 360 g/mol. The van der Waals surface area contributed by atoms with Crippen molar-refractivity contribution < 1.29 is 14.6 Å². The van der Waals surface area contributed by atoms with Crippen LogP contribution in [0.1, 0.15) is 44.1 Å². The number of ether oxygens (including phenoxy) is 1. The van der Waals surface area contributed by atoms with Crippen LogP contribution in [0.5, 0.6) is 5.75 Å². The van der Waals surface area contributed by atoms with Crippen molar-refractivity contribution in [3.63, 3.8) is 0 Å². The van der Waals surface area contributed by atoms with Crippen molar-refractivity contribution in [3.05, 3.63) is 48.0 Å². The van der Waals surface area contributed by atoms with Gasteiger partial charge in [-0.3, -0.25) is 0 Å². The summed E-state index contributed by atoms with van der Waals surface area (Å²) in [4.78, 5) is 16.9. The summed E-state index contributed by atoms with van der Waals surface area (Å²) in [5.74, 6) is 1.35. The normalized spacial score (nSPS) is 12.5. The molecule has 0 aliphatic heterocycles. The van der Waals surface area contributed by atoms with Crippen LogP contribution in [0.15, 0.2) is 36.7 Å². The molecule has 0 spiro atoms. The van der Waals surface area contributed by atoms with Crippen LogP contribution in [0.2, 0.25) is 0 Å². The van der Waals surface area contributed by atoms with E-state index in [0.29, 0.717) is 24.4 Å². The summed E-state index contributed by atoms with van der Waals surface area (Å²) in [5.41, 5.74) is -0.0961. The van der Waals surface area contributed by atoms with Gasteiger partial charge >= 0.3 is 6.03 Å². The number of nitrogens with zero attached hydrogens (tertiary/aromatic N) is 2. The van der Waals surface area contributed by atoms with Crippen molar-refractivity contribution >= 4 is 6.03 Å². The SMILES string of the molecule is CCC(O)(CC)CNC(=O)NC(c1ccccc1OC)c1nccn1C. The molecule has 3 N–H and O–H groups in total. The number of urea groups is 1. The number of carbonyl (C=O) groups excluding carboxylic acids is 1. The highest BCUT2D eigenvalue weighted by atomic mass is 16.5. The minimum Gasteiger partial charge on any atom is -0.496 e. The summed E-state index contributed by atoms with van der Waals surface area (Å²) in [6.45, 7) is 3.98. The average molecular weight is 360 g/mol. The van der Waals surface area contributed by atoms with Crippen molar-refractivity contribution in [2.75, 3.05) is 13.7 Å². The lowest BCUT2D eigenvalue weighted by atomic mass is 9.98. The number of hydrogen-bond acceptors (Lipinski definition) is 4. The van der Waals surface area contributed by atoms with Gasteiger partial charge in [-0.05, 0) is 18.9 Å². The van der Waals surface area contributed by atoms with Gasteiger partial charge < -0.3 is 25.0 Å². The minimum atomic E-state index is -0.902. The van der Waals surface area contributed by atoms with Crippen molar-refractivity contribution in [2.45, 2.75) is 38.3 Å². The molecular weight excluding hydrogens is 332 g/mol. The van der Waals surface area contributed by atoms with E-state index >= 15 is 0 Å². The smallest absolute Gasteiger partial charge is 0.315 e. The van der Waals surface area contributed by atoms with Crippen LogP contribution in [0.4, 0.5) is 4.79 Å². The molecule has 1 aromatic carbocycles. The largest absolute Gasteiger partial charge is 0.496 e. The fraction of sp³-hybridized carbons (Fsp3) is 0.474. The summed E-state index contributed by atoms with van der Waals surface area (Å²) >= 11 is 0. The van der Waals surface area contributed by atoms with Gasteiger partial charge in [-0.1, -0.05) is 32.0 Å². The molecule has 2 rings (SSSR count). The molecule has 0 aliphatic rings. The maximum atomic E-state index is 12.5. The van der Waals surface area contributed by atoms with Gasteiger partial charge in [0.2, 0.25) is 0 Å². The second-order valence-electron chi connectivity index (χ2n) is 6.33. The lowest BCUT2D eigenvalue weighted by Crippen LogP contribution is -2.47. The van der Waals surface area contributed by atoms with Crippen LogP contribution in [-0.4, -0.2) is 39.9 Å². The number of benzene rings is 1. The standard InChI is InChI=1S/C19H28N4O3/c1-5-19(25,6-2)13-21-18(24)22-16(17-20-11-12-23(17)3)14-9-7-8-10-15(14)26-4/h7-12,16,25H,5-6,13H2,1-4H3,(H2,21,22,24). The first-order valence-electron chi connectivity index (χ1n) is 8.81. The summed E-state index contributed by atoms with van der Waals surface area (Å²) in [6, 6.07) is 6.65. The lowest BCUT2D eigenvalue weighted by molar-refractivity contribution is 0.0349. The van der Waals surface area contributed by atoms with Crippen LogP contribution in [-0.2, 0) is 7.05 Å². The number of aliphatic hydroxyl groups is 1. The number of hydrogen-bond donors (Lipinski definition) is 3. The molecule has 26 heavy (non-hydrogen) atoms. The Morgan fingerprint density at radius 3 is 2.62 bits per heavy atom. The minimum absolute atomic E-state index is 0.186. The highest BCUT2D eigenvalue weighted by Gasteiger charge is 2.26. The summed E-state index contributed by atoms with van der Waals surface area (Å²) < 4.78 is 7.30. The molecule has 0 saturated carbocycles. The van der Waals surface area contributed by atoms with Crippen molar-refractivity contribution in [1.82, 2.24) is 20.2 Å². The summed E-state index contributed by atoms with van der Waals surface area (Å²) in [6.07, 6.45) is 4.65. The van der Waals surface area contributed by atoms with Gasteiger partial charge in [0.05, 0.1) is 12.7 Å². The maximum absolute atomic E-state index is 12.5. The third-order valence-electron chi connectivity index (χ3n) is 4.74. The number of nitrogens with one attached hydrogen (secondary N) is 2. The molecule has 1 aromatic heterocycles. The topological polar surface area (TPSA) is 88.4 Å². The van der Waals surface area contributed by atoms with Gasteiger partial charge in [0.15, 0.2) is 0 Å². The van der Waals surface area contributed by atoms with Crippen LogP contribution < -0.4 is 15.4 Å². The Kier molecular flexibility index (Phi) is 6.63. The lowest BCUT2D eigenvalue weighted by Gasteiger charge is -2.26. The van der Waals surface area contributed by atoms with Gasteiger partial charge in [0.1, 0.15) is 17.6 Å². The number of methoxy groups -OCH3 is 1. The van der Waals surface area contributed by atoms with Crippen molar-refractivity contribution in [2.24, 2.45) is 7.05 Å². The highest BCUT2D eigenvalue weighted by molar-refractivity contribution is 5.75. The molecule has 0 aliphatic carbocycles. The first kappa shape index (κ1) is 19.8. The summed E-state index contributed by atoms with van der Waals surface area (Å²) in [5, 5.41) is 16.1. The molecule has 1 atom stereocenters. The van der Waals surface area contributed by atoms with E-state index in [1.807, 2.05) is 55.9 Å². The second-order valence-corrected chi connectivity index (χ2v) is 6.33. The molecule has 142 valence electrons. The van der Waals surface area contributed by atoms with E-state index in [9.17, 15) is 9.90 Å². The van der Waals surface area contributed by atoms with Gasteiger partial charge in [-0.25, -0.2) is 9.78 Å². The molecule has 1 heterocycles. The Morgan fingerprint density at radius 2 is 2.04 bits per heavy atom. The third-order valence-corrected chi connectivity index (χ3v) is 4.74. The molecule has 7 heteroatoms. The van der Waals surface area contributed by atoms with Crippen LogP contribution in [0, 0.1) is 0 Å². The number of para-hydroxylation sites is 1. The van der Waals surface area contributed by atoms with E-state index < -0.39 is 11.6 Å². The maximum Gasteiger partial charge on any atom is 0.315 e. The van der Waals surface area contributed by atoms with Gasteiger partial charge in [-0.2, -0.15) is 0 Å². The van der Waals surface area contributed by atoms with E-state index in [-0.39, 0.29) is 12.6 Å². The van der Waals surface area contributed by atoms with Gasteiger partial charge in [-0.15, -0.1) is 0 Å². The molecular formula is C19H28N4O3. The number of aromatic nitrogens is 2. The third kappa shape index (κ3) is 4.54. The van der Waals surface area contributed by atoms with Crippen LogP contribution >= 0.6 is 0 Å². The van der Waals surface area contributed by atoms with E-state index in [0.717, 1.165) is 5.56 Å². The number of carbonyl (C=O) groups is 1.